The molecule has 1 saturated heterocycles. The van der Waals surface area contributed by atoms with Gasteiger partial charge in [-0.3, -0.25) is 0 Å². The second kappa shape index (κ2) is 7.06. The smallest absolute Gasteiger partial charge is 0.123 e. The van der Waals surface area contributed by atoms with Crippen LogP contribution in [0.2, 0.25) is 0 Å². The van der Waals surface area contributed by atoms with Gasteiger partial charge in [-0.25, -0.2) is 4.39 Å². The van der Waals surface area contributed by atoms with E-state index >= 15 is 0 Å². The van der Waals surface area contributed by atoms with Crippen LogP contribution in [-0.2, 0) is 0 Å². The van der Waals surface area contributed by atoms with E-state index in [4.69, 9.17) is 0 Å². The Labute approximate surface area is 132 Å². The molecule has 0 saturated carbocycles. The monoisotopic (exact) mass is 297 g/mol. The van der Waals surface area contributed by atoms with E-state index in [2.05, 4.69) is 36.1 Å². The van der Waals surface area contributed by atoms with E-state index in [-0.39, 0.29) is 5.82 Å². The van der Waals surface area contributed by atoms with Gasteiger partial charge in [0.2, 0.25) is 0 Å². The maximum Gasteiger partial charge on any atom is 0.123 e. The Balaban J connectivity index is 1.66. The van der Waals surface area contributed by atoms with Gasteiger partial charge in [-0.15, -0.1) is 0 Å². The van der Waals surface area contributed by atoms with Crippen LogP contribution in [-0.4, -0.2) is 24.5 Å². The minimum atomic E-state index is -0.185. The maximum atomic E-state index is 13.0. The van der Waals surface area contributed by atoms with E-state index < -0.39 is 0 Å². The Morgan fingerprint density at radius 3 is 2.00 bits per heavy atom. The molecule has 0 N–H and O–H groups in total. The van der Waals surface area contributed by atoms with Crippen LogP contribution in [0.1, 0.15) is 37.7 Å². The molecule has 0 amide bonds. The first kappa shape index (κ1) is 15.2. The summed E-state index contributed by atoms with van der Waals surface area (Å²) in [5.41, 5.74) is 3.60. The molecule has 1 heterocycles. The van der Waals surface area contributed by atoms with Gasteiger partial charge in [0, 0.05) is 6.54 Å². The third kappa shape index (κ3) is 3.75. The molecule has 0 bridgehead atoms. The van der Waals surface area contributed by atoms with Crippen LogP contribution in [0.3, 0.4) is 0 Å². The van der Waals surface area contributed by atoms with Crippen molar-refractivity contribution in [2.45, 2.75) is 32.1 Å². The molecule has 1 aliphatic rings. The first-order valence-corrected chi connectivity index (χ1v) is 8.30. The fraction of sp³-hybridized carbons (Fsp3) is 0.400. The Morgan fingerprint density at radius 1 is 0.864 bits per heavy atom. The summed E-state index contributed by atoms with van der Waals surface area (Å²) in [6.07, 6.45) is 4.07. The first-order valence-electron chi connectivity index (χ1n) is 8.30. The molecule has 1 fully saturated rings. The van der Waals surface area contributed by atoms with Crippen molar-refractivity contribution in [1.82, 2.24) is 4.90 Å². The highest BCUT2D eigenvalue weighted by Gasteiger charge is 2.14. The number of hydrogen-bond donors (Lipinski definition) is 0. The molecule has 0 aromatic heterocycles. The third-order valence-electron chi connectivity index (χ3n) is 4.64. The zero-order valence-electron chi connectivity index (χ0n) is 13.3. The number of hydrogen-bond acceptors (Lipinski definition) is 1. The van der Waals surface area contributed by atoms with Crippen molar-refractivity contribution in [2.75, 3.05) is 19.6 Å². The van der Waals surface area contributed by atoms with Crippen molar-refractivity contribution in [1.29, 1.82) is 0 Å². The van der Waals surface area contributed by atoms with Crippen LogP contribution in [0, 0.1) is 5.82 Å². The van der Waals surface area contributed by atoms with Crippen LogP contribution in [0.25, 0.3) is 11.1 Å². The van der Waals surface area contributed by atoms with Gasteiger partial charge in [-0.1, -0.05) is 49.7 Å². The standard InChI is InChI=1S/C20H24FN/c1-16(15-22-13-3-2-4-14-22)17-5-7-18(8-6-17)19-9-11-20(21)12-10-19/h5-12,16H,2-4,13-15H2,1H3. The zero-order chi connectivity index (χ0) is 15.4. The fourth-order valence-corrected chi connectivity index (χ4v) is 3.28. The SMILES string of the molecule is CC(CN1CCCCC1)c1ccc(-c2ccc(F)cc2)cc1. The second-order valence-electron chi connectivity index (χ2n) is 6.39. The van der Waals surface area contributed by atoms with Gasteiger partial charge in [0.15, 0.2) is 0 Å². The molecule has 2 heteroatoms. The molecule has 22 heavy (non-hydrogen) atoms. The average molecular weight is 297 g/mol. The zero-order valence-corrected chi connectivity index (χ0v) is 13.3. The molecule has 3 rings (SSSR count). The van der Waals surface area contributed by atoms with Crippen molar-refractivity contribution < 1.29 is 4.39 Å². The molecule has 0 radical (unpaired) electrons. The van der Waals surface area contributed by atoms with E-state index in [0.29, 0.717) is 5.92 Å². The third-order valence-corrected chi connectivity index (χ3v) is 4.64. The van der Waals surface area contributed by atoms with Crippen LogP contribution >= 0.6 is 0 Å². The Hall–Kier alpha value is -1.67. The van der Waals surface area contributed by atoms with Gasteiger partial charge < -0.3 is 4.90 Å². The summed E-state index contributed by atoms with van der Waals surface area (Å²) in [6, 6.07) is 15.4. The van der Waals surface area contributed by atoms with Crippen molar-refractivity contribution in [2.24, 2.45) is 0 Å². The number of benzene rings is 2. The second-order valence-corrected chi connectivity index (χ2v) is 6.39. The van der Waals surface area contributed by atoms with Crippen LogP contribution < -0.4 is 0 Å². The fourth-order valence-electron chi connectivity index (χ4n) is 3.28. The number of rotatable bonds is 4. The summed E-state index contributed by atoms with van der Waals surface area (Å²) in [7, 11) is 0. The quantitative estimate of drug-likeness (QED) is 0.760. The lowest BCUT2D eigenvalue weighted by molar-refractivity contribution is 0.219. The van der Waals surface area contributed by atoms with E-state index in [0.717, 1.165) is 17.7 Å². The van der Waals surface area contributed by atoms with Crippen LogP contribution in [0.15, 0.2) is 48.5 Å². The minimum absolute atomic E-state index is 0.185. The summed E-state index contributed by atoms with van der Waals surface area (Å²) in [4.78, 5) is 2.59. The van der Waals surface area contributed by atoms with Gasteiger partial charge in [-0.2, -0.15) is 0 Å². The molecule has 1 unspecified atom stereocenters. The Kier molecular flexibility index (Phi) is 4.89. The van der Waals surface area contributed by atoms with Gasteiger partial charge >= 0.3 is 0 Å². The molecule has 116 valence electrons. The van der Waals surface area contributed by atoms with E-state index in [1.54, 1.807) is 0 Å². The van der Waals surface area contributed by atoms with Gasteiger partial charge in [-0.05, 0) is 60.7 Å². The van der Waals surface area contributed by atoms with Crippen LogP contribution in [0.5, 0.6) is 0 Å². The Morgan fingerprint density at radius 2 is 1.41 bits per heavy atom. The molecular weight excluding hydrogens is 273 g/mol. The lowest BCUT2D eigenvalue weighted by Gasteiger charge is -2.29. The van der Waals surface area contributed by atoms with Crippen LogP contribution in [0.4, 0.5) is 4.39 Å². The average Bonchev–Trinajstić information content (AvgIpc) is 2.57. The van der Waals surface area contributed by atoms with Gasteiger partial charge in [0.25, 0.3) is 0 Å². The molecule has 1 aliphatic heterocycles. The Bertz CT molecular complexity index is 582. The molecule has 0 spiro atoms. The molecule has 1 nitrogen and oxygen atoms in total. The normalized spacial score (nSPS) is 17.4. The summed E-state index contributed by atoms with van der Waals surface area (Å²) in [6.45, 7) is 5.95. The minimum Gasteiger partial charge on any atom is -0.303 e. The topological polar surface area (TPSA) is 3.24 Å². The summed E-state index contributed by atoms with van der Waals surface area (Å²) in [5.74, 6) is 0.371. The molecule has 1 atom stereocenters. The van der Waals surface area contributed by atoms with Crippen molar-refractivity contribution in [3.05, 3.63) is 59.9 Å². The maximum absolute atomic E-state index is 13.0. The molecule has 0 aliphatic carbocycles. The lowest BCUT2D eigenvalue weighted by Crippen LogP contribution is -2.32. The predicted octanol–water partition coefficient (Wildman–Crippen LogP) is 5.08. The van der Waals surface area contributed by atoms with E-state index in [9.17, 15) is 4.39 Å². The first-order chi connectivity index (χ1) is 10.7. The number of likely N-dealkylation sites (tertiary alicyclic amines) is 1. The summed E-state index contributed by atoms with van der Waals surface area (Å²) >= 11 is 0. The highest BCUT2D eigenvalue weighted by atomic mass is 19.1. The lowest BCUT2D eigenvalue weighted by atomic mass is 9.96. The van der Waals surface area contributed by atoms with E-state index in [1.165, 1.54) is 50.0 Å². The summed E-state index contributed by atoms with van der Waals surface area (Å²) in [5, 5.41) is 0. The largest absolute Gasteiger partial charge is 0.303 e. The van der Waals surface area contributed by atoms with Crippen molar-refractivity contribution >= 4 is 0 Å². The van der Waals surface area contributed by atoms with E-state index in [1.807, 2.05) is 12.1 Å². The highest BCUT2D eigenvalue weighted by Crippen LogP contribution is 2.24. The predicted molar refractivity (Wildman–Crippen MR) is 90.5 cm³/mol. The van der Waals surface area contributed by atoms with Gasteiger partial charge in [0.1, 0.15) is 5.82 Å². The molecule has 2 aromatic rings. The highest BCUT2D eigenvalue weighted by molar-refractivity contribution is 5.63. The van der Waals surface area contributed by atoms with Gasteiger partial charge in [0.05, 0.1) is 0 Å². The van der Waals surface area contributed by atoms with Crippen molar-refractivity contribution in [3.8, 4) is 11.1 Å². The number of nitrogens with zero attached hydrogens (tertiary/aromatic N) is 1. The van der Waals surface area contributed by atoms with Crippen molar-refractivity contribution in [3.63, 3.8) is 0 Å². The number of halogens is 1. The number of piperidine rings is 1. The summed E-state index contributed by atoms with van der Waals surface area (Å²) < 4.78 is 13.0. The molecule has 2 aromatic carbocycles. The molecular formula is C20H24FN.